The van der Waals surface area contributed by atoms with E-state index in [1.54, 1.807) is 0 Å². The van der Waals surface area contributed by atoms with Gasteiger partial charge in [0.25, 0.3) is 0 Å². The van der Waals surface area contributed by atoms with E-state index in [0.29, 0.717) is 25.7 Å². The lowest BCUT2D eigenvalue weighted by Crippen LogP contribution is -2.53. The predicted octanol–water partition coefficient (Wildman–Crippen LogP) is 3.26. The van der Waals surface area contributed by atoms with Crippen molar-refractivity contribution in [3.8, 4) is 0 Å². The predicted molar refractivity (Wildman–Crippen MR) is 64.9 cm³/mol. The largest absolute Gasteiger partial charge is 0.387 e. The summed E-state index contributed by atoms with van der Waals surface area (Å²) in [4.78, 5) is 0. The first-order valence-corrected chi connectivity index (χ1v) is 6.44. The van der Waals surface area contributed by atoms with Gasteiger partial charge in [-0.3, -0.25) is 0 Å². The molecule has 0 saturated heterocycles. The van der Waals surface area contributed by atoms with Gasteiger partial charge in [-0.25, -0.2) is 0 Å². The first-order chi connectivity index (χ1) is 6.99. The third kappa shape index (κ3) is 3.46. The summed E-state index contributed by atoms with van der Waals surface area (Å²) < 4.78 is 0. The maximum Gasteiger partial charge on any atom is 0.0933 e. The summed E-state index contributed by atoms with van der Waals surface area (Å²) in [5.74, 6) is 0. The van der Waals surface area contributed by atoms with Crippen molar-refractivity contribution in [3.05, 3.63) is 0 Å². The summed E-state index contributed by atoms with van der Waals surface area (Å²) in [6, 6.07) is 0. The molecule has 0 spiro atoms. The molecule has 0 rings (SSSR count). The van der Waals surface area contributed by atoms with E-state index in [1.807, 2.05) is 6.92 Å². The summed E-state index contributed by atoms with van der Waals surface area (Å²) >= 11 is 0. The van der Waals surface area contributed by atoms with E-state index in [2.05, 4.69) is 20.8 Å². The Morgan fingerprint density at radius 1 is 0.667 bits per heavy atom. The van der Waals surface area contributed by atoms with E-state index < -0.39 is 11.2 Å². The Kier molecular flexibility index (Phi) is 6.46. The van der Waals surface area contributed by atoms with Crippen molar-refractivity contribution in [3.63, 3.8) is 0 Å². The van der Waals surface area contributed by atoms with Crippen LogP contribution in [-0.2, 0) is 0 Å². The molecule has 0 aliphatic carbocycles. The van der Waals surface area contributed by atoms with E-state index in [1.165, 1.54) is 0 Å². The van der Waals surface area contributed by atoms with Crippen molar-refractivity contribution >= 4 is 0 Å². The lowest BCUT2D eigenvalue weighted by Gasteiger charge is -2.43. The Balaban J connectivity index is 4.81. The SMILES string of the molecule is CCCC(O)(CC)C(O)(CCC)CCC. The van der Waals surface area contributed by atoms with Crippen molar-refractivity contribution in [2.45, 2.75) is 83.8 Å². The van der Waals surface area contributed by atoms with Crippen molar-refractivity contribution in [1.82, 2.24) is 0 Å². The van der Waals surface area contributed by atoms with Gasteiger partial charge in [0.2, 0.25) is 0 Å². The highest BCUT2D eigenvalue weighted by Gasteiger charge is 2.45. The topological polar surface area (TPSA) is 40.5 Å². The molecule has 0 aliphatic heterocycles. The fraction of sp³-hybridized carbons (Fsp3) is 1.00. The van der Waals surface area contributed by atoms with E-state index in [0.717, 1.165) is 19.3 Å². The van der Waals surface area contributed by atoms with Crippen molar-refractivity contribution in [1.29, 1.82) is 0 Å². The smallest absolute Gasteiger partial charge is 0.0933 e. The van der Waals surface area contributed by atoms with Gasteiger partial charge in [-0.2, -0.15) is 0 Å². The molecule has 2 heteroatoms. The lowest BCUT2D eigenvalue weighted by atomic mass is 9.72. The second-order valence-electron chi connectivity index (χ2n) is 4.67. The fourth-order valence-corrected chi connectivity index (χ4v) is 2.57. The van der Waals surface area contributed by atoms with Gasteiger partial charge in [-0.15, -0.1) is 0 Å². The summed E-state index contributed by atoms with van der Waals surface area (Å²) in [6.07, 6.45) is 5.48. The van der Waals surface area contributed by atoms with Gasteiger partial charge < -0.3 is 10.2 Å². The molecule has 0 aromatic heterocycles. The molecule has 92 valence electrons. The van der Waals surface area contributed by atoms with Crippen LogP contribution in [0.2, 0.25) is 0 Å². The molecule has 2 N–H and O–H groups in total. The van der Waals surface area contributed by atoms with Crippen LogP contribution in [0.25, 0.3) is 0 Å². The first-order valence-electron chi connectivity index (χ1n) is 6.44. The second-order valence-corrected chi connectivity index (χ2v) is 4.67. The van der Waals surface area contributed by atoms with Gasteiger partial charge in [0, 0.05) is 0 Å². The zero-order valence-electron chi connectivity index (χ0n) is 10.8. The van der Waals surface area contributed by atoms with E-state index in [9.17, 15) is 10.2 Å². The van der Waals surface area contributed by atoms with Crippen LogP contribution in [0.4, 0.5) is 0 Å². The molecule has 0 saturated carbocycles. The quantitative estimate of drug-likeness (QED) is 0.654. The molecule has 0 fully saturated rings. The second kappa shape index (κ2) is 6.49. The summed E-state index contributed by atoms with van der Waals surface area (Å²) in [5, 5.41) is 21.2. The number of hydrogen-bond donors (Lipinski definition) is 2. The molecule has 0 heterocycles. The molecule has 15 heavy (non-hydrogen) atoms. The third-order valence-electron chi connectivity index (χ3n) is 3.44. The molecule has 1 atom stereocenters. The average Bonchev–Trinajstić information content (AvgIpc) is 2.18. The van der Waals surface area contributed by atoms with Gasteiger partial charge in [0.05, 0.1) is 11.2 Å². The minimum atomic E-state index is -0.895. The minimum absolute atomic E-state index is 0.636. The summed E-state index contributed by atoms with van der Waals surface area (Å²) in [6.45, 7) is 8.14. The van der Waals surface area contributed by atoms with Gasteiger partial charge >= 0.3 is 0 Å². The number of aliphatic hydroxyl groups is 2. The van der Waals surface area contributed by atoms with Crippen molar-refractivity contribution in [2.24, 2.45) is 0 Å². The van der Waals surface area contributed by atoms with Crippen LogP contribution in [-0.4, -0.2) is 21.4 Å². The molecule has 0 radical (unpaired) electrons. The molecule has 0 aromatic rings. The third-order valence-corrected chi connectivity index (χ3v) is 3.44. The molecule has 0 bridgehead atoms. The van der Waals surface area contributed by atoms with Crippen LogP contribution in [0.5, 0.6) is 0 Å². The van der Waals surface area contributed by atoms with E-state index >= 15 is 0 Å². The molecular weight excluding hydrogens is 188 g/mol. The monoisotopic (exact) mass is 216 g/mol. The Labute approximate surface area is 94.7 Å². The van der Waals surface area contributed by atoms with Crippen LogP contribution in [0.3, 0.4) is 0 Å². The zero-order valence-corrected chi connectivity index (χ0v) is 10.8. The Morgan fingerprint density at radius 2 is 1.00 bits per heavy atom. The Bertz CT molecular complexity index is 162. The molecule has 2 nitrogen and oxygen atoms in total. The van der Waals surface area contributed by atoms with Gasteiger partial charge in [0.15, 0.2) is 0 Å². The van der Waals surface area contributed by atoms with E-state index in [4.69, 9.17) is 0 Å². The Morgan fingerprint density at radius 3 is 1.27 bits per heavy atom. The van der Waals surface area contributed by atoms with Crippen LogP contribution in [0.15, 0.2) is 0 Å². The standard InChI is InChI=1S/C13H28O2/c1-5-9-12(14,8-4)13(15,10-6-2)11-7-3/h14-15H,5-11H2,1-4H3. The zero-order chi connectivity index (χ0) is 11.9. The lowest BCUT2D eigenvalue weighted by molar-refractivity contribution is -0.166. The van der Waals surface area contributed by atoms with E-state index in [-0.39, 0.29) is 0 Å². The van der Waals surface area contributed by atoms with Crippen LogP contribution in [0.1, 0.15) is 72.6 Å². The highest BCUT2D eigenvalue weighted by Crippen LogP contribution is 2.37. The fourth-order valence-electron chi connectivity index (χ4n) is 2.57. The maximum atomic E-state index is 10.6. The molecule has 0 aromatic carbocycles. The summed E-state index contributed by atoms with van der Waals surface area (Å²) in [5.41, 5.74) is -1.78. The average molecular weight is 216 g/mol. The molecule has 1 unspecified atom stereocenters. The van der Waals surface area contributed by atoms with Gasteiger partial charge in [-0.05, 0) is 25.7 Å². The van der Waals surface area contributed by atoms with Crippen LogP contribution < -0.4 is 0 Å². The highest BCUT2D eigenvalue weighted by molar-refractivity contribution is 4.98. The summed E-state index contributed by atoms with van der Waals surface area (Å²) in [7, 11) is 0. The van der Waals surface area contributed by atoms with Crippen LogP contribution in [0, 0.1) is 0 Å². The molecule has 0 amide bonds. The maximum absolute atomic E-state index is 10.6. The number of hydrogen-bond acceptors (Lipinski definition) is 2. The van der Waals surface area contributed by atoms with Crippen LogP contribution >= 0.6 is 0 Å². The first kappa shape index (κ1) is 14.9. The highest BCUT2D eigenvalue weighted by atomic mass is 16.4. The van der Waals surface area contributed by atoms with Gasteiger partial charge in [0.1, 0.15) is 0 Å². The molecule has 0 aliphatic rings. The van der Waals surface area contributed by atoms with Crippen molar-refractivity contribution in [2.75, 3.05) is 0 Å². The normalized spacial score (nSPS) is 16.4. The molecular formula is C13H28O2. The van der Waals surface area contributed by atoms with Gasteiger partial charge in [-0.1, -0.05) is 47.0 Å². The Hall–Kier alpha value is -0.0800. The minimum Gasteiger partial charge on any atom is -0.387 e. The number of rotatable bonds is 8. The van der Waals surface area contributed by atoms with Crippen molar-refractivity contribution < 1.29 is 10.2 Å².